The molecule has 1 aromatic carbocycles. The van der Waals surface area contributed by atoms with E-state index >= 15 is 0 Å². The van der Waals surface area contributed by atoms with E-state index in [1.165, 1.54) is 23.0 Å². The zero-order valence-corrected chi connectivity index (χ0v) is 14.8. The van der Waals surface area contributed by atoms with Gasteiger partial charge in [-0.2, -0.15) is 0 Å². The summed E-state index contributed by atoms with van der Waals surface area (Å²) in [5.41, 5.74) is 4.94. The molecule has 0 atom stereocenters. The lowest BCUT2D eigenvalue weighted by Crippen LogP contribution is -2.37. The van der Waals surface area contributed by atoms with Gasteiger partial charge in [-0.15, -0.1) is 0 Å². The zero-order valence-electron chi connectivity index (χ0n) is 14.8. The molecule has 2 heterocycles. The zero-order chi connectivity index (χ0) is 18.1. The Kier molecular flexibility index (Phi) is 4.66. The van der Waals surface area contributed by atoms with Crippen molar-refractivity contribution in [3.63, 3.8) is 0 Å². The second-order valence-electron chi connectivity index (χ2n) is 6.90. The van der Waals surface area contributed by atoms with Crippen LogP contribution in [-0.2, 0) is 24.2 Å². The van der Waals surface area contributed by atoms with Crippen molar-refractivity contribution in [2.75, 3.05) is 6.54 Å². The maximum absolute atomic E-state index is 13.0. The van der Waals surface area contributed by atoms with Gasteiger partial charge in [-0.25, -0.2) is 0 Å². The SMILES string of the molecule is Cc1coc(CC(=O)O)c1C(=O)N1CCc2c(cccc2C(C)C)C1. The van der Waals surface area contributed by atoms with Crippen LogP contribution >= 0.6 is 0 Å². The number of nitrogens with zero attached hydrogens (tertiary/aromatic N) is 1. The number of rotatable bonds is 4. The van der Waals surface area contributed by atoms with Gasteiger partial charge in [-0.3, -0.25) is 9.59 Å². The Morgan fingerprint density at radius 1 is 1.32 bits per heavy atom. The molecule has 0 radical (unpaired) electrons. The maximum Gasteiger partial charge on any atom is 0.311 e. The highest BCUT2D eigenvalue weighted by Crippen LogP contribution is 2.29. The molecule has 0 saturated heterocycles. The maximum atomic E-state index is 13.0. The van der Waals surface area contributed by atoms with Crippen LogP contribution in [0.1, 0.15) is 58.1 Å². The van der Waals surface area contributed by atoms with Gasteiger partial charge in [0, 0.05) is 18.7 Å². The Morgan fingerprint density at radius 2 is 2.08 bits per heavy atom. The molecule has 0 bridgehead atoms. The highest BCUT2D eigenvalue weighted by atomic mass is 16.4. The molecular weight excluding hydrogens is 318 g/mol. The van der Waals surface area contributed by atoms with E-state index in [4.69, 9.17) is 9.52 Å². The topological polar surface area (TPSA) is 70.7 Å². The summed E-state index contributed by atoms with van der Waals surface area (Å²) in [6, 6.07) is 6.27. The van der Waals surface area contributed by atoms with Gasteiger partial charge in [0.15, 0.2) is 0 Å². The Bertz CT molecular complexity index is 819. The summed E-state index contributed by atoms with van der Waals surface area (Å²) in [6.45, 7) is 7.32. The lowest BCUT2D eigenvalue weighted by molar-refractivity contribution is -0.136. The molecule has 3 rings (SSSR count). The lowest BCUT2D eigenvalue weighted by atomic mass is 9.89. The number of carbonyl (C=O) groups excluding carboxylic acids is 1. The van der Waals surface area contributed by atoms with Crippen molar-refractivity contribution in [1.29, 1.82) is 0 Å². The van der Waals surface area contributed by atoms with Gasteiger partial charge in [-0.1, -0.05) is 32.0 Å². The number of amides is 1. The molecule has 0 aliphatic carbocycles. The number of carboxylic acid groups (broad SMARTS) is 1. The molecule has 1 aromatic heterocycles. The van der Waals surface area contributed by atoms with Crippen LogP contribution in [0.15, 0.2) is 28.9 Å². The van der Waals surface area contributed by atoms with Crippen molar-refractivity contribution in [3.05, 3.63) is 58.0 Å². The molecule has 132 valence electrons. The van der Waals surface area contributed by atoms with Crippen LogP contribution in [0.25, 0.3) is 0 Å². The van der Waals surface area contributed by atoms with Crippen LogP contribution < -0.4 is 0 Å². The molecule has 1 N–H and O–H groups in total. The summed E-state index contributed by atoms with van der Waals surface area (Å²) in [4.78, 5) is 25.8. The highest BCUT2D eigenvalue weighted by molar-refractivity contribution is 5.97. The standard InChI is InChI=1S/C20H23NO4/c1-12(2)15-6-4-5-14-10-21(8-7-16(14)15)20(24)19-13(3)11-25-17(19)9-18(22)23/h4-6,11-12H,7-10H2,1-3H3,(H,22,23). The van der Waals surface area contributed by atoms with Gasteiger partial charge >= 0.3 is 5.97 Å². The van der Waals surface area contributed by atoms with Crippen LogP contribution in [0.5, 0.6) is 0 Å². The summed E-state index contributed by atoms with van der Waals surface area (Å²) in [5, 5.41) is 9.02. The van der Waals surface area contributed by atoms with Gasteiger partial charge in [0.25, 0.3) is 5.91 Å². The van der Waals surface area contributed by atoms with Crippen molar-refractivity contribution in [2.45, 2.75) is 46.1 Å². The average Bonchev–Trinajstić information content (AvgIpc) is 2.92. The quantitative estimate of drug-likeness (QED) is 0.923. The van der Waals surface area contributed by atoms with Crippen LogP contribution in [-0.4, -0.2) is 28.4 Å². The van der Waals surface area contributed by atoms with Gasteiger partial charge in [0.1, 0.15) is 12.2 Å². The molecule has 1 aliphatic rings. The second-order valence-corrected chi connectivity index (χ2v) is 6.90. The summed E-state index contributed by atoms with van der Waals surface area (Å²) in [7, 11) is 0. The molecule has 5 heteroatoms. The molecule has 2 aromatic rings. The van der Waals surface area contributed by atoms with Gasteiger partial charge in [-0.05, 0) is 36.0 Å². The van der Waals surface area contributed by atoms with Crippen LogP contribution in [0.2, 0.25) is 0 Å². The van der Waals surface area contributed by atoms with Gasteiger partial charge < -0.3 is 14.4 Å². The summed E-state index contributed by atoms with van der Waals surface area (Å²) in [6.07, 6.45) is 2.00. The number of hydrogen-bond acceptors (Lipinski definition) is 3. The smallest absolute Gasteiger partial charge is 0.311 e. The Morgan fingerprint density at radius 3 is 2.76 bits per heavy atom. The van der Waals surface area contributed by atoms with Gasteiger partial charge in [0.2, 0.25) is 0 Å². The third kappa shape index (κ3) is 3.31. The van der Waals surface area contributed by atoms with E-state index in [-0.39, 0.29) is 18.1 Å². The molecule has 0 fully saturated rings. The second kappa shape index (κ2) is 6.75. The third-order valence-corrected chi connectivity index (χ3v) is 4.79. The van der Waals surface area contributed by atoms with E-state index < -0.39 is 5.97 Å². The summed E-state index contributed by atoms with van der Waals surface area (Å²) >= 11 is 0. The minimum atomic E-state index is -1.01. The third-order valence-electron chi connectivity index (χ3n) is 4.79. The molecule has 1 amide bonds. The molecule has 1 aliphatic heterocycles. The normalized spacial score (nSPS) is 13.8. The van der Waals surface area contributed by atoms with Crippen LogP contribution in [0.3, 0.4) is 0 Å². The lowest BCUT2D eigenvalue weighted by Gasteiger charge is -2.31. The van der Waals surface area contributed by atoms with E-state index in [1.807, 2.05) is 6.07 Å². The molecule has 0 saturated carbocycles. The molecule has 25 heavy (non-hydrogen) atoms. The van der Waals surface area contributed by atoms with E-state index in [9.17, 15) is 9.59 Å². The van der Waals surface area contributed by atoms with Crippen molar-refractivity contribution in [3.8, 4) is 0 Å². The average molecular weight is 341 g/mol. The van der Waals surface area contributed by atoms with E-state index in [2.05, 4.69) is 26.0 Å². The molecule has 0 spiro atoms. The fraction of sp³-hybridized carbons (Fsp3) is 0.400. The van der Waals surface area contributed by atoms with E-state index in [0.717, 1.165) is 6.42 Å². The minimum absolute atomic E-state index is 0.150. The number of benzene rings is 1. The first-order chi connectivity index (χ1) is 11.9. The predicted molar refractivity (Wildman–Crippen MR) is 93.8 cm³/mol. The number of aliphatic carboxylic acids is 1. The highest BCUT2D eigenvalue weighted by Gasteiger charge is 2.28. The number of furan rings is 1. The number of aryl methyl sites for hydroxylation is 1. The van der Waals surface area contributed by atoms with Crippen molar-refractivity contribution < 1.29 is 19.1 Å². The Labute approximate surface area is 147 Å². The van der Waals surface area contributed by atoms with E-state index in [0.29, 0.717) is 30.1 Å². The predicted octanol–water partition coefficient (Wildman–Crippen LogP) is 3.54. The molecule has 5 nitrogen and oxygen atoms in total. The molecule has 0 unspecified atom stereocenters. The van der Waals surface area contributed by atoms with E-state index in [1.54, 1.807) is 11.8 Å². The first-order valence-electron chi connectivity index (χ1n) is 8.57. The Balaban J connectivity index is 1.88. The first kappa shape index (κ1) is 17.3. The fourth-order valence-electron chi connectivity index (χ4n) is 3.56. The number of carbonyl (C=O) groups is 2. The number of fused-ring (bicyclic) bond motifs is 1. The van der Waals surface area contributed by atoms with Crippen molar-refractivity contribution in [2.24, 2.45) is 0 Å². The summed E-state index contributed by atoms with van der Waals surface area (Å²) < 4.78 is 5.31. The van der Waals surface area contributed by atoms with Crippen LogP contribution in [0.4, 0.5) is 0 Å². The monoisotopic (exact) mass is 341 g/mol. The van der Waals surface area contributed by atoms with Crippen molar-refractivity contribution >= 4 is 11.9 Å². The van der Waals surface area contributed by atoms with Crippen molar-refractivity contribution in [1.82, 2.24) is 4.90 Å². The minimum Gasteiger partial charge on any atom is -0.481 e. The fourth-order valence-corrected chi connectivity index (χ4v) is 3.56. The Hall–Kier alpha value is -2.56. The first-order valence-corrected chi connectivity index (χ1v) is 8.57. The largest absolute Gasteiger partial charge is 0.481 e. The van der Waals surface area contributed by atoms with Crippen LogP contribution in [0, 0.1) is 6.92 Å². The number of hydrogen-bond donors (Lipinski definition) is 1. The summed E-state index contributed by atoms with van der Waals surface area (Å²) in [5.74, 6) is -0.468. The van der Waals surface area contributed by atoms with Gasteiger partial charge in [0.05, 0.1) is 11.8 Å². The molecular formula is C20H23NO4. The number of carboxylic acids is 1.